The summed E-state index contributed by atoms with van der Waals surface area (Å²) in [6.45, 7) is 8.04. The van der Waals surface area contributed by atoms with Crippen LogP contribution in [0.25, 0.3) is 0 Å². The maximum Gasteiger partial charge on any atom is 0.340 e. The summed E-state index contributed by atoms with van der Waals surface area (Å²) in [4.78, 5) is 51.7. The van der Waals surface area contributed by atoms with Gasteiger partial charge in [0.15, 0.2) is 6.61 Å². The van der Waals surface area contributed by atoms with Gasteiger partial charge in [-0.1, -0.05) is 6.07 Å². The van der Waals surface area contributed by atoms with Crippen LogP contribution in [0.3, 0.4) is 0 Å². The number of ether oxygens (including phenoxy) is 2. The molecule has 1 aromatic heterocycles. The van der Waals surface area contributed by atoms with Crippen LogP contribution in [-0.4, -0.2) is 48.4 Å². The van der Waals surface area contributed by atoms with E-state index in [2.05, 4.69) is 10.3 Å². The van der Waals surface area contributed by atoms with Gasteiger partial charge < -0.3 is 19.8 Å². The molecule has 0 aliphatic rings. The third-order valence-corrected chi connectivity index (χ3v) is 4.66. The lowest BCUT2D eigenvalue weighted by Crippen LogP contribution is -2.31. The van der Waals surface area contributed by atoms with Crippen molar-refractivity contribution in [3.63, 3.8) is 0 Å². The van der Waals surface area contributed by atoms with Crippen molar-refractivity contribution in [3.8, 4) is 0 Å². The molecule has 0 spiro atoms. The molecule has 2 aromatic rings. The Kier molecular flexibility index (Phi) is 7.52. The number of amides is 1. The highest BCUT2D eigenvalue weighted by atomic mass is 16.5. The molecule has 0 saturated carbocycles. The number of benzene rings is 1. The van der Waals surface area contributed by atoms with Crippen LogP contribution in [0, 0.1) is 27.7 Å². The molecule has 1 aromatic carbocycles. The molecule has 0 radical (unpaired) electrons. The van der Waals surface area contributed by atoms with Crippen LogP contribution in [0.15, 0.2) is 18.2 Å². The minimum Gasteiger partial charge on any atom is -0.462 e. The van der Waals surface area contributed by atoms with Crippen LogP contribution in [-0.2, 0) is 14.3 Å². The number of ketones is 1. The highest BCUT2D eigenvalue weighted by molar-refractivity contribution is 6.09. The van der Waals surface area contributed by atoms with E-state index in [0.29, 0.717) is 17.0 Å². The van der Waals surface area contributed by atoms with Gasteiger partial charge in [-0.2, -0.15) is 0 Å². The molecule has 0 saturated heterocycles. The Labute approximate surface area is 175 Å². The zero-order chi connectivity index (χ0) is 22.4. The number of rotatable bonds is 8. The fraction of sp³-hybridized carbons (Fsp3) is 0.364. The highest BCUT2D eigenvalue weighted by Crippen LogP contribution is 2.20. The second kappa shape index (κ2) is 9.87. The molecule has 0 fully saturated rings. The molecule has 8 nitrogen and oxygen atoms in total. The Morgan fingerprint density at radius 3 is 2.23 bits per heavy atom. The lowest BCUT2D eigenvalue weighted by Gasteiger charge is -2.09. The van der Waals surface area contributed by atoms with Crippen molar-refractivity contribution >= 4 is 23.6 Å². The van der Waals surface area contributed by atoms with Crippen LogP contribution >= 0.6 is 0 Å². The molecule has 0 atom stereocenters. The Morgan fingerprint density at radius 1 is 0.933 bits per heavy atom. The van der Waals surface area contributed by atoms with Gasteiger partial charge in [-0.15, -0.1) is 0 Å². The third kappa shape index (κ3) is 5.34. The Bertz CT molecular complexity index is 990. The number of carbonyl (C=O) groups excluding carboxylic acids is 4. The Balaban J connectivity index is 1.95. The van der Waals surface area contributed by atoms with Gasteiger partial charge in [0, 0.05) is 17.0 Å². The number of esters is 2. The Morgan fingerprint density at radius 2 is 1.60 bits per heavy atom. The maximum absolute atomic E-state index is 12.5. The highest BCUT2D eigenvalue weighted by Gasteiger charge is 2.26. The molecule has 8 heteroatoms. The van der Waals surface area contributed by atoms with E-state index in [1.54, 1.807) is 32.9 Å². The van der Waals surface area contributed by atoms with Crippen LogP contribution in [0.2, 0.25) is 0 Å². The van der Waals surface area contributed by atoms with Crippen molar-refractivity contribution in [2.45, 2.75) is 34.6 Å². The zero-order valence-corrected chi connectivity index (χ0v) is 17.8. The van der Waals surface area contributed by atoms with Crippen molar-refractivity contribution in [1.82, 2.24) is 10.3 Å². The number of Topliss-reactive ketones (excluding diaryl/α,β-unsaturated/α-hetero) is 1. The van der Waals surface area contributed by atoms with Gasteiger partial charge in [0.25, 0.3) is 5.91 Å². The lowest BCUT2D eigenvalue weighted by atomic mass is 10.1. The zero-order valence-electron chi connectivity index (χ0n) is 17.8. The third-order valence-electron chi connectivity index (χ3n) is 4.66. The predicted molar refractivity (Wildman–Crippen MR) is 110 cm³/mol. The standard InChI is InChI=1S/C22H26N2O6/c1-6-29-22(28)20-15(5)24-14(4)19(20)17(25)11-30-18(26)10-23-21(27)16-8-7-12(2)13(3)9-16/h7-9,24H,6,10-11H2,1-5H3,(H,23,27). The van der Waals surface area contributed by atoms with Gasteiger partial charge in [-0.25, -0.2) is 4.79 Å². The summed E-state index contributed by atoms with van der Waals surface area (Å²) in [6, 6.07) is 5.22. The number of aromatic nitrogens is 1. The molecule has 160 valence electrons. The van der Waals surface area contributed by atoms with E-state index >= 15 is 0 Å². The Hall–Kier alpha value is -3.42. The molecule has 30 heavy (non-hydrogen) atoms. The number of aryl methyl sites for hydroxylation is 4. The molecule has 2 rings (SSSR count). The molecule has 1 heterocycles. The quantitative estimate of drug-likeness (QED) is 0.507. The normalized spacial score (nSPS) is 10.4. The first-order valence-corrected chi connectivity index (χ1v) is 9.56. The number of carbonyl (C=O) groups is 4. The molecule has 1 amide bonds. The monoisotopic (exact) mass is 414 g/mol. The summed E-state index contributed by atoms with van der Waals surface area (Å²) in [5.74, 6) is -2.32. The topological polar surface area (TPSA) is 115 Å². The van der Waals surface area contributed by atoms with Gasteiger partial charge in [-0.3, -0.25) is 14.4 Å². The number of aromatic amines is 1. The van der Waals surface area contributed by atoms with Crippen LogP contribution < -0.4 is 5.32 Å². The van der Waals surface area contributed by atoms with Gasteiger partial charge in [0.1, 0.15) is 6.54 Å². The number of hydrogen-bond acceptors (Lipinski definition) is 6. The van der Waals surface area contributed by atoms with Gasteiger partial charge in [0.2, 0.25) is 5.78 Å². The summed E-state index contributed by atoms with van der Waals surface area (Å²) < 4.78 is 9.97. The fourth-order valence-electron chi connectivity index (χ4n) is 2.99. The summed E-state index contributed by atoms with van der Waals surface area (Å²) in [7, 11) is 0. The SMILES string of the molecule is CCOC(=O)c1c(C)[nH]c(C)c1C(=O)COC(=O)CNC(=O)c1ccc(C)c(C)c1. The van der Waals surface area contributed by atoms with Gasteiger partial charge in [-0.05, 0) is 57.9 Å². The average molecular weight is 414 g/mol. The fourth-order valence-corrected chi connectivity index (χ4v) is 2.99. The minimum absolute atomic E-state index is 0.137. The van der Waals surface area contributed by atoms with Crippen molar-refractivity contribution in [1.29, 1.82) is 0 Å². The van der Waals surface area contributed by atoms with E-state index in [0.717, 1.165) is 11.1 Å². The number of nitrogens with one attached hydrogen (secondary N) is 2. The first-order chi connectivity index (χ1) is 14.1. The smallest absolute Gasteiger partial charge is 0.340 e. The van der Waals surface area contributed by atoms with E-state index in [-0.39, 0.29) is 24.3 Å². The maximum atomic E-state index is 12.5. The van der Waals surface area contributed by atoms with E-state index < -0.39 is 30.2 Å². The van der Waals surface area contributed by atoms with Crippen LogP contribution in [0.1, 0.15) is 60.5 Å². The molecular weight excluding hydrogens is 388 g/mol. The first-order valence-electron chi connectivity index (χ1n) is 9.56. The number of H-pyrrole nitrogens is 1. The molecule has 0 aliphatic heterocycles. The van der Waals surface area contributed by atoms with Crippen molar-refractivity contribution in [2.24, 2.45) is 0 Å². The van der Waals surface area contributed by atoms with E-state index in [9.17, 15) is 19.2 Å². The average Bonchev–Trinajstić information content (AvgIpc) is 3.00. The largest absolute Gasteiger partial charge is 0.462 e. The van der Waals surface area contributed by atoms with Gasteiger partial charge >= 0.3 is 11.9 Å². The minimum atomic E-state index is -0.761. The molecule has 0 bridgehead atoms. The summed E-state index contributed by atoms with van der Waals surface area (Å²) in [5.41, 5.74) is 3.71. The van der Waals surface area contributed by atoms with Crippen molar-refractivity contribution < 1.29 is 28.7 Å². The second-order valence-electron chi connectivity index (χ2n) is 6.91. The molecule has 0 aliphatic carbocycles. The van der Waals surface area contributed by atoms with Crippen LogP contribution in [0.5, 0.6) is 0 Å². The van der Waals surface area contributed by atoms with Crippen LogP contribution in [0.4, 0.5) is 0 Å². The summed E-state index contributed by atoms with van der Waals surface area (Å²) in [5, 5.41) is 2.47. The molecular formula is C22H26N2O6. The summed E-state index contributed by atoms with van der Waals surface area (Å²) >= 11 is 0. The molecule has 2 N–H and O–H groups in total. The first kappa shape index (κ1) is 22.9. The van der Waals surface area contributed by atoms with E-state index in [4.69, 9.17) is 9.47 Å². The van der Waals surface area contributed by atoms with Crippen molar-refractivity contribution in [2.75, 3.05) is 19.8 Å². The van der Waals surface area contributed by atoms with E-state index in [1.807, 2.05) is 19.9 Å². The molecule has 0 unspecified atom stereocenters. The predicted octanol–water partition coefficient (Wildman–Crippen LogP) is 2.58. The number of hydrogen-bond donors (Lipinski definition) is 2. The second-order valence-corrected chi connectivity index (χ2v) is 6.91. The lowest BCUT2D eigenvalue weighted by molar-refractivity contribution is -0.141. The summed E-state index contributed by atoms with van der Waals surface area (Å²) in [6.07, 6.45) is 0. The van der Waals surface area contributed by atoms with Gasteiger partial charge in [0.05, 0.1) is 17.7 Å². The van der Waals surface area contributed by atoms with Crippen molar-refractivity contribution in [3.05, 3.63) is 57.4 Å². The van der Waals surface area contributed by atoms with E-state index in [1.165, 1.54) is 0 Å².